The average Bonchev–Trinajstić information content (AvgIpc) is 2.63. The molecule has 0 spiro atoms. The second-order valence-corrected chi connectivity index (χ2v) is 8.17. The highest BCUT2D eigenvalue weighted by Gasteiger charge is 2.31. The van der Waals surface area contributed by atoms with Crippen molar-refractivity contribution in [2.24, 2.45) is 0 Å². The number of hydrogen-bond acceptors (Lipinski definition) is 4. The first-order chi connectivity index (χ1) is 12.5. The van der Waals surface area contributed by atoms with Gasteiger partial charge in [-0.15, -0.1) is 0 Å². The van der Waals surface area contributed by atoms with Gasteiger partial charge in [0.1, 0.15) is 0 Å². The minimum atomic E-state index is -3.63. The van der Waals surface area contributed by atoms with Crippen LogP contribution in [0.15, 0.2) is 59.5 Å². The molecule has 2 aromatic carbocycles. The Kier molecular flexibility index (Phi) is 5.70. The van der Waals surface area contributed by atoms with Crippen molar-refractivity contribution in [2.75, 3.05) is 25.1 Å². The summed E-state index contributed by atoms with van der Waals surface area (Å²) in [6, 6.07) is 15.5. The van der Waals surface area contributed by atoms with Crippen LogP contribution in [0.4, 0.5) is 5.69 Å². The maximum atomic E-state index is 12.9. The van der Waals surface area contributed by atoms with Gasteiger partial charge in [0.25, 0.3) is 0 Å². The van der Waals surface area contributed by atoms with Gasteiger partial charge < -0.3 is 10.1 Å². The van der Waals surface area contributed by atoms with Crippen LogP contribution in [-0.4, -0.2) is 44.4 Å². The van der Waals surface area contributed by atoms with Crippen LogP contribution < -0.4 is 5.32 Å². The fraction of sp³-hybridized carbons (Fsp3) is 0.316. The largest absolute Gasteiger partial charge is 0.378 e. The van der Waals surface area contributed by atoms with E-state index in [0.29, 0.717) is 25.4 Å². The van der Waals surface area contributed by atoms with Gasteiger partial charge in [0, 0.05) is 18.3 Å². The average molecular weight is 374 g/mol. The molecule has 0 aliphatic carbocycles. The molecule has 0 aromatic heterocycles. The molecule has 0 saturated carbocycles. The van der Waals surface area contributed by atoms with Gasteiger partial charge in [-0.25, -0.2) is 8.42 Å². The van der Waals surface area contributed by atoms with Crippen molar-refractivity contribution >= 4 is 21.6 Å². The van der Waals surface area contributed by atoms with Gasteiger partial charge >= 0.3 is 0 Å². The quantitative estimate of drug-likeness (QED) is 0.871. The smallest absolute Gasteiger partial charge is 0.243 e. The summed E-state index contributed by atoms with van der Waals surface area (Å²) in [6.45, 7) is 2.92. The fourth-order valence-electron chi connectivity index (χ4n) is 2.93. The first-order valence-electron chi connectivity index (χ1n) is 8.50. The molecule has 138 valence electrons. The number of hydrogen-bond donors (Lipinski definition) is 1. The first-order valence-corrected chi connectivity index (χ1v) is 9.94. The van der Waals surface area contributed by atoms with Crippen LogP contribution in [0.2, 0.25) is 0 Å². The van der Waals surface area contributed by atoms with E-state index in [1.54, 1.807) is 18.2 Å². The van der Waals surface area contributed by atoms with E-state index in [1.807, 2.05) is 37.3 Å². The van der Waals surface area contributed by atoms with Gasteiger partial charge in [0.05, 0.1) is 24.5 Å². The summed E-state index contributed by atoms with van der Waals surface area (Å²) in [7, 11) is -3.63. The SMILES string of the molecule is CC1COCCN1S(=O)(=O)c1cccc(NC(=O)Cc2ccccc2)c1. The van der Waals surface area contributed by atoms with E-state index in [0.717, 1.165) is 5.56 Å². The standard InChI is InChI=1S/C19H22N2O4S/c1-15-14-25-11-10-21(15)26(23,24)18-9-5-8-17(13-18)20-19(22)12-16-6-3-2-4-7-16/h2-9,13,15H,10-12,14H2,1H3,(H,20,22). The maximum Gasteiger partial charge on any atom is 0.243 e. The van der Waals surface area contributed by atoms with Gasteiger partial charge in [-0.2, -0.15) is 4.31 Å². The Morgan fingerprint density at radius 3 is 2.69 bits per heavy atom. The Bertz CT molecular complexity index is 868. The molecule has 0 radical (unpaired) electrons. The van der Waals surface area contributed by atoms with E-state index >= 15 is 0 Å². The van der Waals surface area contributed by atoms with Crippen LogP contribution in [-0.2, 0) is 26.0 Å². The molecule has 1 aliphatic heterocycles. The Morgan fingerprint density at radius 1 is 1.19 bits per heavy atom. The molecule has 2 aromatic rings. The first kappa shape index (κ1) is 18.6. The van der Waals surface area contributed by atoms with Crippen molar-refractivity contribution in [1.29, 1.82) is 0 Å². The minimum absolute atomic E-state index is 0.170. The summed E-state index contributed by atoms with van der Waals surface area (Å²) in [5, 5.41) is 2.77. The number of anilines is 1. The highest BCUT2D eigenvalue weighted by atomic mass is 32.2. The third kappa shape index (κ3) is 4.30. The van der Waals surface area contributed by atoms with E-state index in [-0.39, 0.29) is 23.3 Å². The van der Waals surface area contributed by atoms with Crippen LogP contribution >= 0.6 is 0 Å². The van der Waals surface area contributed by atoms with Gasteiger partial charge in [-0.1, -0.05) is 36.4 Å². The number of rotatable bonds is 5. The Morgan fingerprint density at radius 2 is 1.96 bits per heavy atom. The molecule has 1 unspecified atom stereocenters. The van der Waals surface area contributed by atoms with E-state index in [1.165, 1.54) is 10.4 Å². The molecule has 1 heterocycles. The van der Waals surface area contributed by atoms with E-state index < -0.39 is 10.0 Å². The lowest BCUT2D eigenvalue weighted by atomic mass is 10.1. The molecule has 1 aliphatic rings. The number of nitrogens with zero attached hydrogens (tertiary/aromatic N) is 1. The molecule has 26 heavy (non-hydrogen) atoms. The summed E-state index contributed by atoms with van der Waals surface area (Å²) >= 11 is 0. The van der Waals surface area contributed by atoms with Crippen molar-refractivity contribution < 1.29 is 17.9 Å². The lowest BCUT2D eigenvalue weighted by Crippen LogP contribution is -2.46. The molecule has 1 saturated heterocycles. The zero-order chi connectivity index (χ0) is 18.6. The second-order valence-electron chi connectivity index (χ2n) is 6.28. The molecular weight excluding hydrogens is 352 g/mol. The van der Waals surface area contributed by atoms with Crippen LogP contribution in [0, 0.1) is 0 Å². The van der Waals surface area contributed by atoms with Crippen molar-refractivity contribution in [1.82, 2.24) is 4.31 Å². The molecule has 6 nitrogen and oxygen atoms in total. The summed E-state index contributed by atoms with van der Waals surface area (Å²) < 4.78 is 32.5. The normalized spacial score (nSPS) is 18.4. The Hall–Kier alpha value is -2.22. The Labute approximate surface area is 153 Å². The number of carbonyl (C=O) groups is 1. The summed E-state index contributed by atoms with van der Waals surface area (Å²) in [6.07, 6.45) is 0.234. The second kappa shape index (κ2) is 7.99. The van der Waals surface area contributed by atoms with Crippen molar-refractivity contribution in [2.45, 2.75) is 24.3 Å². The number of nitrogens with one attached hydrogen (secondary N) is 1. The number of amides is 1. The maximum absolute atomic E-state index is 12.9. The zero-order valence-electron chi connectivity index (χ0n) is 14.6. The van der Waals surface area contributed by atoms with Crippen LogP contribution in [0.1, 0.15) is 12.5 Å². The van der Waals surface area contributed by atoms with Crippen molar-refractivity contribution in [3.63, 3.8) is 0 Å². The lowest BCUT2D eigenvalue weighted by molar-refractivity contribution is -0.115. The highest BCUT2D eigenvalue weighted by Crippen LogP contribution is 2.23. The van der Waals surface area contributed by atoms with E-state index in [2.05, 4.69) is 5.32 Å². The Balaban J connectivity index is 1.74. The predicted molar refractivity (Wildman–Crippen MR) is 99.4 cm³/mol. The number of ether oxygens (including phenoxy) is 1. The summed E-state index contributed by atoms with van der Waals surface area (Å²) in [5.74, 6) is -0.189. The number of benzene rings is 2. The van der Waals surface area contributed by atoms with Crippen LogP contribution in [0.25, 0.3) is 0 Å². The third-order valence-electron chi connectivity index (χ3n) is 4.24. The molecular formula is C19H22N2O4S. The molecule has 3 rings (SSSR count). The van der Waals surface area contributed by atoms with Gasteiger partial charge in [0.15, 0.2) is 0 Å². The highest BCUT2D eigenvalue weighted by molar-refractivity contribution is 7.89. The zero-order valence-corrected chi connectivity index (χ0v) is 15.4. The molecule has 1 N–H and O–H groups in total. The lowest BCUT2D eigenvalue weighted by Gasteiger charge is -2.32. The molecule has 1 fully saturated rings. The van der Waals surface area contributed by atoms with E-state index in [4.69, 9.17) is 4.74 Å². The fourth-order valence-corrected chi connectivity index (χ4v) is 4.57. The van der Waals surface area contributed by atoms with Crippen molar-refractivity contribution in [3.05, 3.63) is 60.2 Å². The molecule has 1 atom stereocenters. The summed E-state index contributed by atoms with van der Waals surface area (Å²) in [4.78, 5) is 12.4. The molecule has 7 heteroatoms. The number of morpholine rings is 1. The molecule has 1 amide bonds. The van der Waals surface area contributed by atoms with E-state index in [9.17, 15) is 13.2 Å². The van der Waals surface area contributed by atoms with Crippen LogP contribution in [0.3, 0.4) is 0 Å². The number of sulfonamides is 1. The third-order valence-corrected chi connectivity index (χ3v) is 6.25. The number of carbonyl (C=O) groups excluding carboxylic acids is 1. The summed E-state index contributed by atoms with van der Waals surface area (Å²) in [5.41, 5.74) is 1.36. The topological polar surface area (TPSA) is 75.7 Å². The predicted octanol–water partition coefficient (Wildman–Crippen LogP) is 2.28. The van der Waals surface area contributed by atoms with Crippen LogP contribution in [0.5, 0.6) is 0 Å². The van der Waals surface area contributed by atoms with Crippen molar-refractivity contribution in [3.8, 4) is 0 Å². The monoisotopic (exact) mass is 374 g/mol. The molecule has 0 bridgehead atoms. The van der Waals surface area contributed by atoms with Gasteiger partial charge in [-0.05, 0) is 30.7 Å². The minimum Gasteiger partial charge on any atom is -0.378 e. The van der Waals surface area contributed by atoms with Gasteiger partial charge in [-0.3, -0.25) is 4.79 Å². The van der Waals surface area contributed by atoms with Gasteiger partial charge in [0.2, 0.25) is 15.9 Å².